The molecule has 4 aliphatic heterocycles. The van der Waals surface area contributed by atoms with Crippen molar-refractivity contribution in [1.82, 2.24) is 19.1 Å². The van der Waals surface area contributed by atoms with Crippen LogP contribution in [-0.4, -0.2) is 78.9 Å². The molecule has 6 heterocycles. The van der Waals surface area contributed by atoms with E-state index in [-0.39, 0.29) is 23.8 Å². The molecule has 372 valence electrons. The van der Waals surface area contributed by atoms with Crippen LogP contribution in [0.4, 0.5) is 0 Å². The lowest BCUT2D eigenvalue weighted by Crippen LogP contribution is -2.38. The van der Waals surface area contributed by atoms with Crippen molar-refractivity contribution in [2.24, 2.45) is 11.8 Å². The first-order chi connectivity index (χ1) is 34.7. The van der Waals surface area contributed by atoms with E-state index in [0.29, 0.717) is 12.8 Å². The van der Waals surface area contributed by atoms with Crippen LogP contribution in [0.3, 0.4) is 0 Å². The van der Waals surface area contributed by atoms with E-state index in [4.69, 9.17) is 37.9 Å². The molecule has 18 nitrogen and oxygen atoms in total. The van der Waals surface area contributed by atoms with Gasteiger partial charge in [0.1, 0.15) is 47.8 Å². The largest absolute Gasteiger partial charge is 0.459 e. The third-order valence-electron chi connectivity index (χ3n) is 14.1. The minimum Gasteiger partial charge on any atom is -0.459 e. The van der Waals surface area contributed by atoms with Crippen molar-refractivity contribution in [3.8, 4) is 0 Å². The Labute approximate surface area is 411 Å². The summed E-state index contributed by atoms with van der Waals surface area (Å²) in [5.74, 6) is -3.81. The van der Waals surface area contributed by atoms with Gasteiger partial charge >= 0.3 is 23.3 Å². The number of benzene rings is 4. The van der Waals surface area contributed by atoms with Crippen molar-refractivity contribution in [3.05, 3.63) is 210 Å². The van der Waals surface area contributed by atoms with E-state index >= 15 is 0 Å². The second-order valence-corrected chi connectivity index (χ2v) is 19.5. The molecule has 6 fully saturated rings. The van der Waals surface area contributed by atoms with Crippen LogP contribution in [0.15, 0.2) is 165 Å². The Balaban J connectivity index is 0.000000156. The van der Waals surface area contributed by atoms with E-state index in [9.17, 15) is 28.8 Å². The number of aromatic amines is 2. The fourth-order valence-electron chi connectivity index (χ4n) is 10.3. The average molecular weight is 981 g/mol. The lowest BCUT2D eigenvalue weighted by molar-refractivity contribution is -0.211. The summed E-state index contributed by atoms with van der Waals surface area (Å²) in [7, 11) is 0. The van der Waals surface area contributed by atoms with E-state index in [1.165, 1.54) is 33.7 Å². The number of hydrogen-bond donors (Lipinski definition) is 2. The summed E-state index contributed by atoms with van der Waals surface area (Å²) >= 11 is 0. The van der Waals surface area contributed by atoms with Crippen molar-refractivity contribution in [3.63, 3.8) is 0 Å². The second-order valence-electron chi connectivity index (χ2n) is 19.5. The fraction of sp³-hybridized carbons (Fsp3) is 0.370. The van der Waals surface area contributed by atoms with Crippen LogP contribution in [0.2, 0.25) is 0 Å². The molecule has 6 aromatic rings. The van der Waals surface area contributed by atoms with E-state index in [0.717, 1.165) is 22.3 Å². The highest BCUT2D eigenvalue weighted by Crippen LogP contribution is 2.64. The number of hydrogen-bond acceptors (Lipinski definition) is 14. The van der Waals surface area contributed by atoms with Gasteiger partial charge in [0.15, 0.2) is 12.5 Å². The molecule has 6 aliphatic rings. The number of fused-ring (bicyclic) bond motifs is 4. The van der Waals surface area contributed by atoms with Crippen LogP contribution in [0.5, 0.6) is 0 Å². The molecule has 18 heteroatoms. The van der Waals surface area contributed by atoms with Crippen molar-refractivity contribution in [2.45, 2.75) is 112 Å². The smallest absolute Gasteiger partial charge is 0.330 e. The number of rotatable bonds is 10. The Bertz CT molecular complexity index is 2940. The zero-order valence-corrected chi connectivity index (χ0v) is 39.7. The second kappa shape index (κ2) is 17.9. The molecule has 2 N–H and O–H groups in total. The number of carbonyl (C=O) groups is 2. The lowest BCUT2D eigenvalue weighted by atomic mass is 9.97. The number of ether oxygens (including phenoxy) is 8. The van der Waals surface area contributed by atoms with Gasteiger partial charge in [-0.2, -0.15) is 0 Å². The molecular weight excluding hydrogens is 929 g/mol. The van der Waals surface area contributed by atoms with Gasteiger partial charge in [-0.3, -0.25) is 38.3 Å². The predicted molar refractivity (Wildman–Crippen MR) is 254 cm³/mol. The third-order valence-corrected chi connectivity index (χ3v) is 14.1. The first-order valence-electron chi connectivity index (χ1n) is 24.0. The molecule has 2 aliphatic carbocycles. The van der Waals surface area contributed by atoms with E-state index in [2.05, 4.69) is 9.97 Å². The molecule has 12 rings (SSSR count). The molecule has 72 heavy (non-hydrogen) atoms. The Morgan fingerprint density at radius 3 is 1.10 bits per heavy atom. The van der Waals surface area contributed by atoms with Gasteiger partial charge in [-0.1, -0.05) is 149 Å². The Morgan fingerprint density at radius 2 is 0.806 bits per heavy atom. The molecular formula is C54H52N4O14. The van der Waals surface area contributed by atoms with E-state index in [1.54, 1.807) is 27.7 Å². The Kier molecular flexibility index (Phi) is 11.8. The van der Waals surface area contributed by atoms with Gasteiger partial charge in [0.25, 0.3) is 11.1 Å². The third kappa shape index (κ3) is 7.89. The maximum Gasteiger partial charge on any atom is 0.330 e. The van der Waals surface area contributed by atoms with Crippen molar-refractivity contribution < 1.29 is 47.5 Å². The topological polar surface area (TPSA) is 218 Å². The van der Waals surface area contributed by atoms with Gasteiger partial charge < -0.3 is 37.9 Å². The Hall–Kier alpha value is -7.06. The summed E-state index contributed by atoms with van der Waals surface area (Å²) in [6, 6.07) is 40.8. The van der Waals surface area contributed by atoms with Gasteiger partial charge in [-0.25, -0.2) is 9.59 Å². The van der Waals surface area contributed by atoms with E-state index < -0.39 is 94.4 Å². The summed E-state index contributed by atoms with van der Waals surface area (Å²) in [5.41, 5.74) is -1.12. The fourth-order valence-corrected chi connectivity index (χ4v) is 10.3. The zero-order chi connectivity index (χ0) is 50.2. The number of aromatic nitrogens is 4. The van der Waals surface area contributed by atoms with Crippen LogP contribution >= 0.6 is 0 Å². The molecule has 4 aromatic carbocycles. The van der Waals surface area contributed by atoms with Crippen LogP contribution < -0.4 is 22.5 Å². The standard InChI is InChI=1S/2C27H26N2O7/c2*1-16(2)24(31)33-19-15-26(19)22-21(23(36-26)29-14-13-20(30)28-25(29)32)34-27(35-22,17-9-5-3-6-10-17)18-11-7-4-8-12-18/h2*3-14,16,19,21-23H,15H2,1-2H3,(H,28,30,32)/t2*19-,21-,22+,23-,26+/m11/s1. The number of nitrogens with zero attached hydrogens (tertiary/aromatic N) is 2. The first-order valence-corrected chi connectivity index (χ1v) is 24.0. The summed E-state index contributed by atoms with van der Waals surface area (Å²) in [5, 5.41) is 0. The van der Waals surface area contributed by atoms with Gasteiger partial charge in [-0.05, 0) is 0 Å². The van der Waals surface area contributed by atoms with Crippen LogP contribution in [0, 0.1) is 11.8 Å². The van der Waals surface area contributed by atoms with Gasteiger partial charge in [0, 0.05) is 59.6 Å². The molecule has 0 unspecified atom stereocenters. The summed E-state index contributed by atoms with van der Waals surface area (Å²) in [6.45, 7) is 7.07. The molecule has 2 aromatic heterocycles. The number of nitrogens with one attached hydrogen (secondary N) is 2. The molecule has 2 spiro atoms. The average Bonchev–Trinajstić information content (AvgIpc) is 3.96. The monoisotopic (exact) mass is 980 g/mol. The normalized spacial score (nSPS) is 29.9. The van der Waals surface area contributed by atoms with E-state index in [1.807, 2.05) is 121 Å². The molecule has 0 radical (unpaired) electrons. The highest BCUT2D eigenvalue weighted by Gasteiger charge is 2.78. The summed E-state index contributed by atoms with van der Waals surface area (Å²) < 4.78 is 53.9. The molecule has 0 bridgehead atoms. The molecule has 10 atom stereocenters. The molecule has 4 saturated heterocycles. The van der Waals surface area contributed by atoms with Gasteiger partial charge in [0.05, 0.1) is 11.8 Å². The van der Waals surface area contributed by atoms with Gasteiger partial charge in [-0.15, -0.1) is 0 Å². The SMILES string of the molecule is CC(C)C(=O)O[C@@H]1C[C@]12O[C@@H](n1ccc(=O)[nH]c1=O)[C@@H]1OC(c3ccccc3)(c3ccccc3)O[C@@H]12.CC(C)C(=O)O[C@@H]1C[C@]12O[C@@H](n1ccc(=O)[nH]c1=O)[C@@H]1OC(c3ccccc3)(c3ccccc3)O[C@@H]12. The summed E-state index contributed by atoms with van der Waals surface area (Å²) in [4.78, 5) is 78.2. The number of carbonyl (C=O) groups excluding carboxylic acids is 2. The molecule has 2 saturated carbocycles. The maximum absolute atomic E-state index is 12.7. The van der Waals surface area contributed by atoms with Crippen LogP contribution in [0.25, 0.3) is 0 Å². The first kappa shape index (κ1) is 47.3. The van der Waals surface area contributed by atoms with Crippen molar-refractivity contribution >= 4 is 11.9 Å². The quantitative estimate of drug-likeness (QED) is 0.174. The number of esters is 2. The highest BCUT2D eigenvalue weighted by atomic mass is 16.8. The molecule has 0 amide bonds. The maximum atomic E-state index is 12.7. The van der Waals surface area contributed by atoms with Crippen LogP contribution in [-0.2, 0) is 59.1 Å². The highest BCUT2D eigenvalue weighted by molar-refractivity contribution is 5.72. The van der Waals surface area contributed by atoms with Crippen molar-refractivity contribution in [2.75, 3.05) is 0 Å². The summed E-state index contributed by atoms with van der Waals surface area (Å²) in [6.07, 6.45) is -2.07. The van der Waals surface area contributed by atoms with Gasteiger partial charge in [0.2, 0.25) is 11.6 Å². The van der Waals surface area contributed by atoms with Crippen molar-refractivity contribution in [1.29, 1.82) is 0 Å². The van der Waals surface area contributed by atoms with Crippen LogP contribution in [0.1, 0.15) is 75.2 Å². The predicted octanol–water partition coefficient (Wildman–Crippen LogP) is 4.92. The number of H-pyrrole nitrogens is 2. The minimum absolute atomic E-state index is 0.300. The zero-order valence-electron chi connectivity index (χ0n) is 39.7. The lowest BCUT2D eigenvalue weighted by Gasteiger charge is -2.32. The minimum atomic E-state index is -1.27. The Morgan fingerprint density at radius 1 is 0.486 bits per heavy atom.